The van der Waals surface area contributed by atoms with Crippen LogP contribution < -0.4 is 5.32 Å². The lowest BCUT2D eigenvalue weighted by atomic mass is 10.4. The molecule has 84 valence electrons. The summed E-state index contributed by atoms with van der Waals surface area (Å²) in [7, 11) is 0. The maximum absolute atomic E-state index is 11.8. The lowest BCUT2D eigenvalue weighted by molar-refractivity contribution is -0.131. The van der Waals surface area contributed by atoms with Gasteiger partial charge in [0.25, 0.3) is 0 Å². The second kappa shape index (κ2) is 4.80. The number of halogens is 5. The molecule has 0 unspecified atom stereocenters. The van der Waals surface area contributed by atoms with Gasteiger partial charge in [0, 0.05) is 6.54 Å². The van der Waals surface area contributed by atoms with Crippen LogP contribution in [0.3, 0.4) is 0 Å². The van der Waals surface area contributed by atoms with Gasteiger partial charge in [0.1, 0.15) is 0 Å². The minimum atomic E-state index is -4.23. The molecule has 9 heteroatoms. The summed E-state index contributed by atoms with van der Waals surface area (Å²) in [6.45, 7) is -0.347. The summed E-state index contributed by atoms with van der Waals surface area (Å²) < 4.78 is 35.3. The SMILES string of the molecule is FC(F)(F)CCNc1nc(Cl)nc(Cl)n1. The first-order chi connectivity index (χ1) is 6.87. The molecule has 0 bridgehead atoms. The monoisotopic (exact) mass is 260 g/mol. The van der Waals surface area contributed by atoms with Gasteiger partial charge in [-0.25, -0.2) is 0 Å². The van der Waals surface area contributed by atoms with Gasteiger partial charge in [-0.2, -0.15) is 28.1 Å². The van der Waals surface area contributed by atoms with Crippen LogP contribution in [0.2, 0.25) is 10.6 Å². The van der Waals surface area contributed by atoms with Crippen molar-refractivity contribution in [1.82, 2.24) is 15.0 Å². The van der Waals surface area contributed by atoms with Crippen molar-refractivity contribution in [1.29, 1.82) is 0 Å². The van der Waals surface area contributed by atoms with E-state index in [0.29, 0.717) is 0 Å². The molecular weight excluding hydrogens is 256 g/mol. The molecule has 0 aliphatic carbocycles. The summed E-state index contributed by atoms with van der Waals surface area (Å²) in [6, 6.07) is 0. The molecule has 1 N–H and O–H groups in total. The van der Waals surface area contributed by atoms with E-state index >= 15 is 0 Å². The predicted octanol–water partition coefficient (Wildman–Crippen LogP) is 2.54. The summed E-state index contributed by atoms with van der Waals surface area (Å²) in [5, 5.41) is 1.98. The van der Waals surface area contributed by atoms with E-state index in [1.165, 1.54) is 0 Å². The number of nitrogens with zero attached hydrogens (tertiary/aromatic N) is 3. The first-order valence-electron chi connectivity index (χ1n) is 3.74. The second-order valence-electron chi connectivity index (χ2n) is 2.49. The van der Waals surface area contributed by atoms with Crippen LogP contribution in [-0.4, -0.2) is 27.7 Å². The Balaban J connectivity index is 2.51. The van der Waals surface area contributed by atoms with Gasteiger partial charge in [-0.3, -0.25) is 0 Å². The standard InChI is InChI=1S/C6H5Cl2F3N4/c7-3-13-4(8)15-5(14-3)12-2-1-6(9,10)11/h1-2H2,(H,12,13,14,15). The summed E-state index contributed by atoms with van der Waals surface area (Å²) >= 11 is 10.8. The van der Waals surface area contributed by atoms with Crippen LogP contribution >= 0.6 is 23.2 Å². The predicted molar refractivity (Wildman–Crippen MR) is 49.0 cm³/mol. The van der Waals surface area contributed by atoms with Gasteiger partial charge in [-0.05, 0) is 23.2 Å². The van der Waals surface area contributed by atoms with E-state index in [1.807, 2.05) is 0 Å². The maximum Gasteiger partial charge on any atom is 0.390 e. The van der Waals surface area contributed by atoms with Crippen molar-refractivity contribution in [2.75, 3.05) is 11.9 Å². The Kier molecular flexibility index (Phi) is 3.92. The third kappa shape index (κ3) is 4.98. The minimum Gasteiger partial charge on any atom is -0.354 e. The number of anilines is 1. The summed E-state index contributed by atoms with van der Waals surface area (Å²) in [6.07, 6.45) is -5.22. The fraction of sp³-hybridized carbons (Fsp3) is 0.500. The van der Waals surface area contributed by atoms with Gasteiger partial charge in [-0.1, -0.05) is 0 Å². The zero-order chi connectivity index (χ0) is 11.5. The van der Waals surface area contributed by atoms with Gasteiger partial charge in [0.05, 0.1) is 6.42 Å². The number of hydrogen-bond donors (Lipinski definition) is 1. The van der Waals surface area contributed by atoms with Gasteiger partial charge in [-0.15, -0.1) is 0 Å². The highest BCUT2D eigenvalue weighted by molar-refractivity contribution is 6.31. The number of aromatic nitrogens is 3. The van der Waals surface area contributed by atoms with E-state index < -0.39 is 12.6 Å². The lowest BCUT2D eigenvalue weighted by Crippen LogP contribution is -2.16. The third-order valence-electron chi connectivity index (χ3n) is 1.27. The molecule has 0 aliphatic rings. The van der Waals surface area contributed by atoms with E-state index in [2.05, 4.69) is 20.3 Å². The smallest absolute Gasteiger partial charge is 0.354 e. The van der Waals surface area contributed by atoms with Crippen molar-refractivity contribution in [3.63, 3.8) is 0 Å². The van der Waals surface area contributed by atoms with E-state index in [0.717, 1.165) is 0 Å². The zero-order valence-electron chi connectivity index (χ0n) is 7.15. The van der Waals surface area contributed by atoms with Gasteiger partial charge in [0.15, 0.2) is 0 Å². The van der Waals surface area contributed by atoms with Crippen LogP contribution in [0.5, 0.6) is 0 Å². The molecule has 0 fully saturated rings. The number of nitrogens with one attached hydrogen (secondary N) is 1. The minimum absolute atomic E-state index is 0.0794. The fourth-order valence-corrected chi connectivity index (χ4v) is 1.08. The number of alkyl halides is 3. The van der Waals surface area contributed by atoms with Gasteiger partial charge in [0.2, 0.25) is 16.5 Å². The number of rotatable bonds is 3. The summed E-state index contributed by atoms with van der Waals surface area (Å²) in [5.41, 5.74) is 0. The van der Waals surface area contributed by atoms with Crippen LogP contribution in [0.25, 0.3) is 0 Å². The highest BCUT2D eigenvalue weighted by atomic mass is 35.5. The average molecular weight is 261 g/mol. The van der Waals surface area contributed by atoms with Crippen molar-refractivity contribution in [2.24, 2.45) is 0 Å². The van der Waals surface area contributed by atoms with Crippen molar-refractivity contribution in [3.8, 4) is 0 Å². The fourth-order valence-electron chi connectivity index (χ4n) is 0.721. The largest absolute Gasteiger partial charge is 0.390 e. The molecule has 0 aliphatic heterocycles. The molecule has 4 nitrogen and oxygen atoms in total. The van der Waals surface area contributed by atoms with Crippen LogP contribution in [0.4, 0.5) is 19.1 Å². The maximum atomic E-state index is 11.8. The molecule has 0 amide bonds. The molecule has 1 heterocycles. The summed E-state index contributed by atoms with van der Waals surface area (Å²) in [5.74, 6) is -0.0794. The Morgan fingerprint density at radius 2 is 1.60 bits per heavy atom. The molecule has 15 heavy (non-hydrogen) atoms. The van der Waals surface area contributed by atoms with E-state index in [1.54, 1.807) is 0 Å². The van der Waals surface area contributed by atoms with Crippen LogP contribution in [0.1, 0.15) is 6.42 Å². The topological polar surface area (TPSA) is 50.7 Å². The Morgan fingerprint density at radius 3 is 2.07 bits per heavy atom. The highest BCUT2D eigenvalue weighted by Gasteiger charge is 2.26. The van der Waals surface area contributed by atoms with E-state index in [9.17, 15) is 13.2 Å². The lowest BCUT2D eigenvalue weighted by Gasteiger charge is -2.07. The normalized spacial score (nSPS) is 11.5. The average Bonchev–Trinajstić information content (AvgIpc) is 1.99. The Morgan fingerprint density at radius 1 is 1.07 bits per heavy atom. The molecule has 0 atom stereocenters. The van der Waals surface area contributed by atoms with Crippen LogP contribution in [0, 0.1) is 0 Å². The molecular formula is C6H5Cl2F3N4. The second-order valence-corrected chi connectivity index (χ2v) is 3.17. The Labute approximate surface area is 92.8 Å². The Hall–Kier alpha value is -0.820. The Bertz CT molecular complexity index is 323. The molecule has 0 saturated heterocycles. The molecule has 1 aromatic rings. The van der Waals surface area contributed by atoms with Crippen molar-refractivity contribution in [3.05, 3.63) is 10.6 Å². The van der Waals surface area contributed by atoms with Gasteiger partial charge >= 0.3 is 6.18 Å². The quantitative estimate of drug-likeness (QED) is 0.908. The highest BCUT2D eigenvalue weighted by Crippen LogP contribution is 2.19. The molecule has 1 rings (SSSR count). The molecule has 0 saturated carbocycles. The van der Waals surface area contributed by atoms with E-state index in [4.69, 9.17) is 23.2 Å². The number of hydrogen-bond acceptors (Lipinski definition) is 4. The molecule has 1 aromatic heterocycles. The molecule has 0 aromatic carbocycles. The van der Waals surface area contributed by atoms with Crippen LogP contribution in [0.15, 0.2) is 0 Å². The molecule has 0 radical (unpaired) electrons. The van der Waals surface area contributed by atoms with Crippen molar-refractivity contribution in [2.45, 2.75) is 12.6 Å². The summed E-state index contributed by atoms with van der Waals surface area (Å²) in [4.78, 5) is 10.5. The van der Waals surface area contributed by atoms with Crippen molar-refractivity contribution >= 4 is 29.2 Å². The third-order valence-corrected chi connectivity index (χ3v) is 1.61. The zero-order valence-corrected chi connectivity index (χ0v) is 8.66. The van der Waals surface area contributed by atoms with Crippen LogP contribution in [-0.2, 0) is 0 Å². The van der Waals surface area contributed by atoms with Gasteiger partial charge < -0.3 is 5.32 Å². The van der Waals surface area contributed by atoms with E-state index in [-0.39, 0.29) is 23.1 Å². The van der Waals surface area contributed by atoms with Crippen molar-refractivity contribution < 1.29 is 13.2 Å². The molecule has 0 spiro atoms. The first-order valence-corrected chi connectivity index (χ1v) is 4.50. The first kappa shape index (κ1) is 12.3.